The summed E-state index contributed by atoms with van der Waals surface area (Å²) < 4.78 is 0.980. The molecule has 2 amide bonds. The lowest BCUT2D eigenvalue weighted by atomic mass is 10.1. The van der Waals surface area contributed by atoms with E-state index in [1.807, 2.05) is 54.6 Å². The predicted molar refractivity (Wildman–Crippen MR) is 105 cm³/mol. The molecule has 1 N–H and O–H groups in total. The van der Waals surface area contributed by atoms with Gasteiger partial charge < -0.3 is 10.2 Å². The number of hydrogen-bond donors (Lipinski definition) is 1. The molecule has 2 rings (SSSR count). The highest BCUT2D eigenvalue weighted by Crippen LogP contribution is 2.20. The fourth-order valence-electron chi connectivity index (χ4n) is 2.32. The minimum absolute atomic E-state index is 0.0622. The van der Waals surface area contributed by atoms with Crippen LogP contribution in [-0.4, -0.2) is 35.6 Å². The van der Waals surface area contributed by atoms with E-state index < -0.39 is 6.04 Å². The van der Waals surface area contributed by atoms with Crippen LogP contribution in [0, 0.1) is 0 Å². The Hall–Kier alpha value is -1.79. The second kappa shape index (κ2) is 9.63. The second-order valence-electron chi connectivity index (χ2n) is 5.54. The first-order valence-corrected chi connectivity index (χ1v) is 9.72. The lowest BCUT2D eigenvalue weighted by Crippen LogP contribution is -2.47. The van der Waals surface area contributed by atoms with Gasteiger partial charge in [-0.25, -0.2) is 0 Å². The normalized spacial score (nSPS) is 11.6. The van der Waals surface area contributed by atoms with Gasteiger partial charge in [-0.2, -0.15) is 0 Å². The van der Waals surface area contributed by atoms with E-state index >= 15 is 0 Å². The number of nitrogens with zero attached hydrogens (tertiary/aromatic N) is 1. The molecule has 0 aromatic heterocycles. The molecule has 0 aliphatic rings. The molecular formula is C19H21BrN2O2S. The molecule has 0 radical (unpaired) electrons. The third kappa shape index (κ3) is 5.90. The number of halogens is 1. The molecule has 0 bridgehead atoms. The third-order valence-electron chi connectivity index (χ3n) is 3.79. The number of carbonyl (C=O) groups excluding carboxylic acids is 2. The third-order valence-corrected chi connectivity index (χ3v) is 5.31. The molecule has 1 unspecified atom stereocenters. The van der Waals surface area contributed by atoms with E-state index in [-0.39, 0.29) is 11.8 Å². The molecule has 0 spiro atoms. The van der Waals surface area contributed by atoms with Gasteiger partial charge in [0.2, 0.25) is 11.8 Å². The molecule has 2 aromatic carbocycles. The summed E-state index contributed by atoms with van der Waals surface area (Å²) >= 11 is 4.88. The highest BCUT2D eigenvalue weighted by molar-refractivity contribution is 9.10. The average molecular weight is 421 g/mol. The summed E-state index contributed by atoms with van der Waals surface area (Å²) in [6.45, 7) is 2.15. The van der Waals surface area contributed by atoms with Crippen LogP contribution >= 0.6 is 27.7 Å². The maximum atomic E-state index is 12.8. The quantitative estimate of drug-likeness (QED) is 0.694. The predicted octanol–water partition coefficient (Wildman–Crippen LogP) is 3.70. The molecule has 0 aliphatic heterocycles. The van der Waals surface area contributed by atoms with E-state index in [4.69, 9.17) is 0 Å². The fourth-order valence-corrected chi connectivity index (χ4v) is 3.39. The number of hydrogen-bond acceptors (Lipinski definition) is 3. The highest BCUT2D eigenvalue weighted by Gasteiger charge is 2.25. The summed E-state index contributed by atoms with van der Waals surface area (Å²) in [6, 6.07) is 17.0. The van der Waals surface area contributed by atoms with Gasteiger partial charge in [-0.3, -0.25) is 9.59 Å². The van der Waals surface area contributed by atoms with Gasteiger partial charge in [-0.15, -0.1) is 11.8 Å². The van der Waals surface area contributed by atoms with Crippen molar-refractivity contribution in [2.75, 3.05) is 12.8 Å². The topological polar surface area (TPSA) is 49.4 Å². The summed E-state index contributed by atoms with van der Waals surface area (Å²) in [4.78, 5) is 27.5. The van der Waals surface area contributed by atoms with E-state index in [2.05, 4.69) is 21.2 Å². The molecule has 1 atom stereocenters. The van der Waals surface area contributed by atoms with Gasteiger partial charge >= 0.3 is 0 Å². The van der Waals surface area contributed by atoms with Crippen LogP contribution in [0.15, 0.2) is 64.0 Å². The minimum Gasteiger partial charge on any atom is -0.357 e. The number of rotatable bonds is 7. The summed E-state index contributed by atoms with van der Waals surface area (Å²) in [5.41, 5.74) is 0.983. The van der Waals surface area contributed by atoms with E-state index in [0.29, 0.717) is 12.3 Å². The van der Waals surface area contributed by atoms with Crippen LogP contribution in [-0.2, 0) is 16.1 Å². The average Bonchev–Trinajstić information content (AvgIpc) is 2.65. The highest BCUT2D eigenvalue weighted by atomic mass is 79.9. The zero-order chi connectivity index (χ0) is 18.2. The largest absolute Gasteiger partial charge is 0.357 e. The van der Waals surface area contributed by atoms with Crippen molar-refractivity contribution in [1.82, 2.24) is 10.2 Å². The maximum Gasteiger partial charge on any atom is 0.242 e. The first-order chi connectivity index (χ1) is 12.0. The van der Waals surface area contributed by atoms with Crippen molar-refractivity contribution in [1.29, 1.82) is 0 Å². The van der Waals surface area contributed by atoms with Crippen LogP contribution in [0.25, 0.3) is 0 Å². The van der Waals surface area contributed by atoms with Crippen molar-refractivity contribution in [3.8, 4) is 0 Å². The van der Waals surface area contributed by atoms with Crippen LogP contribution in [0.5, 0.6) is 0 Å². The minimum atomic E-state index is -0.530. The van der Waals surface area contributed by atoms with Gasteiger partial charge in [0, 0.05) is 23.0 Å². The fraction of sp³-hybridized carbons (Fsp3) is 0.263. The van der Waals surface area contributed by atoms with E-state index in [0.717, 1.165) is 14.9 Å². The van der Waals surface area contributed by atoms with Gasteiger partial charge in [0.1, 0.15) is 6.04 Å². The molecule has 0 fully saturated rings. The molecule has 0 aliphatic carbocycles. The molecule has 4 nitrogen and oxygen atoms in total. The Kier molecular flexibility index (Phi) is 7.52. The summed E-state index contributed by atoms with van der Waals surface area (Å²) in [5, 5.41) is 2.62. The number of likely N-dealkylation sites (N-methyl/N-ethyl adjacent to an activating group) is 1. The van der Waals surface area contributed by atoms with Gasteiger partial charge in [0.25, 0.3) is 0 Å². The Labute approximate surface area is 161 Å². The van der Waals surface area contributed by atoms with Crippen LogP contribution in [0.3, 0.4) is 0 Å². The number of thioether (sulfide) groups is 1. The van der Waals surface area contributed by atoms with Crippen molar-refractivity contribution in [3.63, 3.8) is 0 Å². The van der Waals surface area contributed by atoms with Crippen molar-refractivity contribution in [2.45, 2.75) is 24.4 Å². The summed E-state index contributed by atoms with van der Waals surface area (Å²) in [7, 11) is 1.58. The Morgan fingerprint density at radius 3 is 2.36 bits per heavy atom. The lowest BCUT2D eigenvalue weighted by molar-refractivity contribution is -0.138. The smallest absolute Gasteiger partial charge is 0.242 e. The number of carbonyl (C=O) groups is 2. The zero-order valence-electron chi connectivity index (χ0n) is 14.2. The molecule has 2 aromatic rings. The number of benzene rings is 2. The van der Waals surface area contributed by atoms with E-state index in [1.165, 1.54) is 11.8 Å². The molecule has 0 saturated carbocycles. The molecule has 0 saturated heterocycles. The summed E-state index contributed by atoms with van der Waals surface area (Å²) in [5.74, 6) is 0.0602. The Morgan fingerprint density at radius 2 is 1.76 bits per heavy atom. The van der Waals surface area contributed by atoms with E-state index in [9.17, 15) is 9.59 Å². The van der Waals surface area contributed by atoms with Gasteiger partial charge in [0.05, 0.1) is 5.75 Å². The SMILES string of the molecule is CNC(=O)C(C)N(Cc1ccc(Br)cc1)C(=O)CSc1ccccc1. The standard InChI is InChI=1S/C19H21BrN2O2S/c1-14(19(24)21-2)22(12-15-8-10-16(20)11-9-15)18(23)13-25-17-6-4-3-5-7-17/h3-11,14H,12-13H2,1-2H3,(H,21,24). The lowest BCUT2D eigenvalue weighted by Gasteiger charge is -2.28. The van der Waals surface area contributed by atoms with Crippen LogP contribution in [0.4, 0.5) is 0 Å². The summed E-state index contributed by atoms with van der Waals surface area (Å²) in [6.07, 6.45) is 0. The Bertz CT molecular complexity index is 707. The van der Waals surface area contributed by atoms with Crippen molar-refractivity contribution >= 4 is 39.5 Å². The Morgan fingerprint density at radius 1 is 1.12 bits per heavy atom. The first-order valence-electron chi connectivity index (χ1n) is 7.94. The van der Waals surface area contributed by atoms with Crippen LogP contribution in [0.1, 0.15) is 12.5 Å². The monoisotopic (exact) mass is 420 g/mol. The molecule has 25 heavy (non-hydrogen) atoms. The molecule has 6 heteroatoms. The second-order valence-corrected chi connectivity index (χ2v) is 7.50. The van der Waals surface area contributed by atoms with Crippen molar-refractivity contribution in [3.05, 3.63) is 64.6 Å². The van der Waals surface area contributed by atoms with Crippen LogP contribution < -0.4 is 5.32 Å². The first kappa shape index (κ1) is 19.5. The zero-order valence-corrected chi connectivity index (χ0v) is 16.6. The van der Waals surface area contributed by atoms with Gasteiger partial charge in [-0.1, -0.05) is 46.3 Å². The van der Waals surface area contributed by atoms with E-state index in [1.54, 1.807) is 18.9 Å². The molecule has 0 heterocycles. The van der Waals surface area contributed by atoms with Crippen LogP contribution in [0.2, 0.25) is 0 Å². The molecule has 132 valence electrons. The maximum absolute atomic E-state index is 12.8. The van der Waals surface area contributed by atoms with Gasteiger partial charge in [-0.05, 0) is 36.8 Å². The van der Waals surface area contributed by atoms with Gasteiger partial charge in [0.15, 0.2) is 0 Å². The van der Waals surface area contributed by atoms with Crippen molar-refractivity contribution in [2.24, 2.45) is 0 Å². The number of amides is 2. The molecular weight excluding hydrogens is 400 g/mol. The Balaban J connectivity index is 2.10. The van der Waals surface area contributed by atoms with Crippen molar-refractivity contribution < 1.29 is 9.59 Å². The number of nitrogens with one attached hydrogen (secondary N) is 1.